The maximum atomic E-state index is 12.0. The number of benzene rings is 2. The SMILES string of the molecule is O=C(Nc1cc(C[C@H](NC(=O)OCc2ccccc2)C(=O)O)ccc1O)OCC(Cl)(Cl)Cl. The minimum absolute atomic E-state index is 0.0252. The summed E-state index contributed by atoms with van der Waals surface area (Å²) in [5, 5.41) is 23.9. The first-order chi connectivity index (χ1) is 15.0. The predicted molar refractivity (Wildman–Crippen MR) is 118 cm³/mol. The molecule has 2 aromatic carbocycles. The molecule has 4 N–H and O–H groups in total. The lowest BCUT2D eigenvalue weighted by Gasteiger charge is -2.16. The molecule has 2 rings (SSSR count). The second-order valence-corrected chi connectivity index (χ2v) is 8.98. The third kappa shape index (κ3) is 9.09. The molecular formula is C20H19Cl3N2O7. The number of phenols is 1. The Kier molecular flexibility index (Phi) is 9.25. The van der Waals surface area contributed by atoms with Crippen LogP contribution in [0.1, 0.15) is 11.1 Å². The summed E-state index contributed by atoms with van der Waals surface area (Å²) < 4.78 is 7.94. The van der Waals surface area contributed by atoms with Gasteiger partial charge in [-0.25, -0.2) is 14.4 Å². The Morgan fingerprint density at radius 2 is 1.66 bits per heavy atom. The molecule has 0 saturated carbocycles. The van der Waals surface area contributed by atoms with Crippen LogP contribution in [-0.2, 0) is 27.3 Å². The van der Waals surface area contributed by atoms with Crippen LogP contribution >= 0.6 is 34.8 Å². The number of hydrogen-bond donors (Lipinski definition) is 4. The number of rotatable bonds is 8. The number of hydrogen-bond acceptors (Lipinski definition) is 6. The van der Waals surface area contributed by atoms with Gasteiger partial charge in [0.25, 0.3) is 0 Å². The van der Waals surface area contributed by atoms with E-state index in [0.29, 0.717) is 5.56 Å². The second kappa shape index (κ2) is 11.7. The Labute approximate surface area is 198 Å². The number of ether oxygens (including phenoxy) is 2. The molecule has 12 heteroatoms. The van der Waals surface area contributed by atoms with Crippen LogP contribution in [0.5, 0.6) is 5.75 Å². The Morgan fingerprint density at radius 3 is 2.28 bits per heavy atom. The van der Waals surface area contributed by atoms with Gasteiger partial charge in [-0.15, -0.1) is 0 Å². The Bertz CT molecular complexity index is 952. The Hall–Kier alpha value is -2.88. The number of amides is 2. The molecule has 0 aliphatic rings. The zero-order chi connectivity index (χ0) is 23.7. The topological polar surface area (TPSA) is 134 Å². The molecule has 0 bridgehead atoms. The van der Waals surface area contributed by atoms with Gasteiger partial charge in [-0.05, 0) is 23.3 Å². The highest BCUT2D eigenvalue weighted by Crippen LogP contribution is 2.27. The minimum atomic E-state index is -1.81. The van der Waals surface area contributed by atoms with E-state index in [1.807, 2.05) is 6.07 Å². The number of phenolic OH excluding ortho intramolecular Hbond substituents is 1. The molecule has 1 atom stereocenters. The zero-order valence-corrected chi connectivity index (χ0v) is 18.7. The molecule has 32 heavy (non-hydrogen) atoms. The van der Waals surface area contributed by atoms with Gasteiger partial charge >= 0.3 is 18.2 Å². The molecule has 0 heterocycles. The number of anilines is 1. The summed E-state index contributed by atoms with van der Waals surface area (Å²) >= 11 is 16.5. The molecule has 0 aliphatic heterocycles. The van der Waals surface area contributed by atoms with E-state index in [9.17, 15) is 24.6 Å². The lowest BCUT2D eigenvalue weighted by atomic mass is 10.0. The number of nitrogens with one attached hydrogen (secondary N) is 2. The zero-order valence-electron chi connectivity index (χ0n) is 16.4. The number of aliphatic carboxylic acids is 1. The maximum Gasteiger partial charge on any atom is 0.411 e. The van der Waals surface area contributed by atoms with Crippen LogP contribution in [-0.4, -0.2) is 44.8 Å². The minimum Gasteiger partial charge on any atom is -0.506 e. The summed E-state index contributed by atoms with van der Waals surface area (Å²) in [7, 11) is 0. The average Bonchev–Trinajstić information content (AvgIpc) is 2.73. The summed E-state index contributed by atoms with van der Waals surface area (Å²) in [6.07, 6.45) is -2.07. The molecule has 0 saturated heterocycles. The predicted octanol–water partition coefficient (Wildman–Crippen LogP) is 4.23. The third-order valence-corrected chi connectivity index (χ3v) is 4.23. The van der Waals surface area contributed by atoms with Crippen molar-refractivity contribution in [1.29, 1.82) is 0 Å². The average molecular weight is 506 g/mol. The fraction of sp³-hybridized carbons (Fsp3) is 0.250. The van der Waals surface area contributed by atoms with E-state index >= 15 is 0 Å². The molecule has 172 valence electrons. The van der Waals surface area contributed by atoms with E-state index in [1.54, 1.807) is 24.3 Å². The van der Waals surface area contributed by atoms with Crippen LogP contribution in [0.4, 0.5) is 15.3 Å². The molecule has 0 spiro atoms. The fourth-order valence-electron chi connectivity index (χ4n) is 2.45. The van der Waals surface area contributed by atoms with Crippen LogP contribution in [0, 0.1) is 0 Å². The number of alkyl carbamates (subject to hydrolysis) is 1. The van der Waals surface area contributed by atoms with Gasteiger partial charge in [0.2, 0.25) is 3.79 Å². The smallest absolute Gasteiger partial charge is 0.411 e. The van der Waals surface area contributed by atoms with Crippen molar-refractivity contribution < 1.29 is 34.1 Å². The summed E-state index contributed by atoms with van der Waals surface area (Å²) in [4.78, 5) is 35.4. The van der Waals surface area contributed by atoms with E-state index in [1.165, 1.54) is 18.2 Å². The standard InChI is InChI=1S/C20H19Cl3N2O7/c21-20(22,23)11-32-19(30)24-14-8-13(6-7-16(14)26)9-15(17(27)28)25-18(29)31-10-12-4-2-1-3-5-12/h1-8,15,26H,9-11H2,(H,24,30)(H,25,29)(H,27,28)/t15-/m0/s1. The van der Waals surface area contributed by atoms with Gasteiger partial charge in [0.15, 0.2) is 0 Å². The number of aromatic hydroxyl groups is 1. The summed E-state index contributed by atoms with van der Waals surface area (Å²) in [5.41, 5.74) is 1.06. The molecule has 2 amide bonds. The van der Waals surface area contributed by atoms with Gasteiger partial charge in [-0.2, -0.15) is 0 Å². The Morgan fingerprint density at radius 1 is 0.969 bits per heavy atom. The number of carbonyl (C=O) groups is 3. The van der Waals surface area contributed by atoms with E-state index in [4.69, 9.17) is 44.3 Å². The fourth-order valence-corrected chi connectivity index (χ4v) is 2.61. The van der Waals surface area contributed by atoms with Crippen molar-refractivity contribution in [1.82, 2.24) is 5.32 Å². The van der Waals surface area contributed by atoms with E-state index in [2.05, 4.69) is 10.6 Å². The molecule has 0 radical (unpaired) electrons. The Balaban J connectivity index is 1.98. The summed E-state index contributed by atoms with van der Waals surface area (Å²) in [6.45, 7) is -0.553. The molecule has 0 fully saturated rings. The van der Waals surface area contributed by atoms with Crippen molar-refractivity contribution in [3.05, 3.63) is 59.7 Å². The lowest BCUT2D eigenvalue weighted by Crippen LogP contribution is -2.42. The highest BCUT2D eigenvalue weighted by Gasteiger charge is 2.24. The van der Waals surface area contributed by atoms with Crippen molar-refractivity contribution in [3.8, 4) is 5.75 Å². The van der Waals surface area contributed by atoms with E-state index in [-0.39, 0.29) is 24.5 Å². The summed E-state index contributed by atoms with van der Waals surface area (Å²) in [5.74, 6) is -1.60. The quantitative estimate of drug-likeness (QED) is 0.311. The molecule has 0 unspecified atom stereocenters. The first-order valence-corrected chi connectivity index (χ1v) is 10.2. The van der Waals surface area contributed by atoms with E-state index < -0.39 is 34.6 Å². The van der Waals surface area contributed by atoms with Crippen LogP contribution in [0.15, 0.2) is 48.5 Å². The molecule has 2 aromatic rings. The van der Waals surface area contributed by atoms with Gasteiger partial charge in [0.1, 0.15) is 25.0 Å². The first kappa shape index (κ1) is 25.4. The molecule has 9 nitrogen and oxygen atoms in total. The number of halogens is 3. The second-order valence-electron chi connectivity index (χ2n) is 6.47. The van der Waals surface area contributed by atoms with Gasteiger partial charge in [0.05, 0.1) is 5.69 Å². The van der Waals surface area contributed by atoms with Crippen LogP contribution in [0.25, 0.3) is 0 Å². The van der Waals surface area contributed by atoms with E-state index in [0.717, 1.165) is 5.56 Å². The highest BCUT2D eigenvalue weighted by atomic mass is 35.6. The van der Waals surface area contributed by atoms with Crippen molar-refractivity contribution >= 4 is 58.6 Å². The molecular weight excluding hydrogens is 487 g/mol. The monoisotopic (exact) mass is 504 g/mol. The normalized spacial score (nSPS) is 11.8. The van der Waals surface area contributed by atoms with Gasteiger partial charge in [0, 0.05) is 6.42 Å². The number of carboxylic acids is 1. The first-order valence-electron chi connectivity index (χ1n) is 9.06. The summed E-state index contributed by atoms with van der Waals surface area (Å²) in [6, 6.07) is 11.5. The third-order valence-electron chi connectivity index (χ3n) is 3.91. The van der Waals surface area contributed by atoms with Gasteiger partial charge in [-0.3, -0.25) is 5.32 Å². The van der Waals surface area contributed by atoms with Gasteiger partial charge in [-0.1, -0.05) is 71.2 Å². The molecule has 0 aliphatic carbocycles. The molecule has 0 aromatic heterocycles. The number of alkyl halides is 3. The van der Waals surface area contributed by atoms with Gasteiger partial charge < -0.3 is 25.0 Å². The highest BCUT2D eigenvalue weighted by molar-refractivity contribution is 6.67. The maximum absolute atomic E-state index is 12.0. The number of carbonyl (C=O) groups excluding carboxylic acids is 2. The largest absolute Gasteiger partial charge is 0.506 e. The van der Waals surface area contributed by atoms with Crippen molar-refractivity contribution in [2.45, 2.75) is 22.9 Å². The number of carboxylic acid groups (broad SMARTS) is 1. The van der Waals surface area contributed by atoms with Crippen LogP contribution in [0.3, 0.4) is 0 Å². The van der Waals surface area contributed by atoms with Crippen molar-refractivity contribution in [2.24, 2.45) is 0 Å². The van der Waals surface area contributed by atoms with Crippen molar-refractivity contribution in [3.63, 3.8) is 0 Å². The van der Waals surface area contributed by atoms with Crippen LogP contribution < -0.4 is 10.6 Å². The van der Waals surface area contributed by atoms with Crippen LogP contribution in [0.2, 0.25) is 0 Å². The van der Waals surface area contributed by atoms with Crippen molar-refractivity contribution in [2.75, 3.05) is 11.9 Å². The lowest BCUT2D eigenvalue weighted by molar-refractivity contribution is -0.139.